The van der Waals surface area contributed by atoms with Gasteiger partial charge in [0, 0.05) is 0 Å². The molecule has 0 amide bonds. The van der Waals surface area contributed by atoms with E-state index in [1.165, 1.54) is 0 Å². The predicted molar refractivity (Wildman–Crippen MR) is 58.9 cm³/mol. The van der Waals surface area contributed by atoms with Crippen molar-refractivity contribution >= 4 is 31.3 Å². The summed E-state index contributed by atoms with van der Waals surface area (Å²) in [6.45, 7) is -1.78. The minimum Gasteiger partial charge on any atom is -0.302 e. The molecule has 0 aromatic heterocycles. The monoisotopic (exact) mass is 398 g/mol. The molecule has 0 spiro atoms. The summed E-state index contributed by atoms with van der Waals surface area (Å²) in [6, 6.07) is 0. The number of phosphoric acid groups is 4. The quantitative estimate of drug-likeness (QED) is 0.116. The van der Waals surface area contributed by atoms with Gasteiger partial charge in [-0.1, -0.05) is 0 Å². The van der Waals surface area contributed by atoms with Crippen molar-refractivity contribution in [2.45, 2.75) is 0 Å². The molecule has 0 fully saturated rings. The third kappa shape index (κ3) is 13.8. The first-order valence-corrected chi connectivity index (χ1v) is 10.3. The standard InChI is InChI=1S/C2H10O15P4/c3-18(4,5)16-20(9,10)14-2-1-13-15-21(11,12)17-19(6,7)8/h1-2H2,(H,9,10)(H,11,12)(H2,3,4,5)(H2,6,7,8). The SMILES string of the molecule is O=P(O)(O)OP(=O)(O)OCCOOP(=O)(O)OP(=O)(O)O. The van der Waals surface area contributed by atoms with E-state index in [4.69, 9.17) is 29.4 Å². The van der Waals surface area contributed by atoms with Crippen LogP contribution in [0.3, 0.4) is 0 Å². The molecule has 6 N–H and O–H groups in total. The van der Waals surface area contributed by atoms with Gasteiger partial charge < -0.3 is 29.4 Å². The summed E-state index contributed by atoms with van der Waals surface area (Å²) in [5, 5.41) is 0. The normalized spacial score (nSPS) is 19.0. The minimum atomic E-state index is -5.33. The Labute approximate surface area is 116 Å². The lowest BCUT2D eigenvalue weighted by Gasteiger charge is -2.13. The van der Waals surface area contributed by atoms with Crippen LogP contribution in [0.5, 0.6) is 0 Å². The van der Waals surface area contributed by atoms with Crippen LogP contribution in [0.1, 0.15) is 0 Å². The van der Waals surface area contributed by atoms with Crippen LogP contribution in [0.2, 0.25) is 0 Å². The summed E-state index contributed by atoms with van der Waals surface area (Å²) < 4.78 is 56.3. The van der Waals surface area contributed by atoms with E-state index in [0.29, 0.717) is 0 Å². The van der Waals surface area contributed by atoms with E-state index in [-0.39, 0.29) is 0 Å². The molecule has 19 heteroatoms. The molecule has 0 radical (unpaired) electrons. The first-order valence-electron chi connectivity index (χ1n) is 4.27. The van der Waals surface area contributed by atoms with Gasteiger partial charge in [-0.3, -0.25) is 4.52 Å². The smallest absolute Gasteiger partial charge is 0.302 e. The molecule has 0 aromatic carbocycles. The van der Waals surface area contributed by atoms with Gasteiger partial charge in [0.1, 0.15) is 6.61 Å². The van der Waals surface area contributed by atoms with Gasteiger partial charge in [-0.15, -0.1) is 4.67 Å². The van der Waals surface area contributed by atoms with Gasteiger partial charge in [0.15, 0.2) is 0 Å². The van der Waals surface area contributed by atoms with Crippen LogP contribution in [0.4, 0.5) is 0 Å². The Hall–Kier alpha value is 0.480. The van der Waals surface area contributed by atoms with Crippen LogP contribution in [0, 0.1) is 0 Å². The predicted octanol–water partition coefficient (Wildman–Crippen LogP) is -0.629. The fourth-order valence-electron chi connectivity index (χ4n) is 0.597. The average Bonchev–Trinajstić information content (AvgIpc) is 2.07. The Morgan fingerprint density at radius 1 is 0.667 bits per heavy atom. The van der Waals surface area contributed by atoms with Crippen molar-refractivity contribution in [2.75, 3.05) is 13.2 Å². The highest BCUT2D eigenvalue weighted by atomic mass is 31.3. The number of hydrogen-bond acceptors (Lipinski definition) is 9. The van der Waals surface area contributed by atoms with Crippen molar-refractivity contribution in [1.82, 2.24) is 0 Å². The molecular weight excluding hydrogens is 388 g/mol. The highest BCUT2D eigenvalue weighted by Crippen LogP contribution is 2.58. The van der Waals surface area contributed by atoms with E-state index >= 15 is 0 Å². The maximum Gasteiger partial charge on any atom is 0.508 e. The molecule has 0 aliphatic carbocycles. The lowest BCUT2D eigenvalue weighted by atomic mass is 10.8. The molecule has 0 saturated heterocycles. The molecule has 2 unspecified atom stereocenters. The Kier molecular flexibility index (Phi) is 8.02. The van der Waals surface area contributed by atoms with Gasteiger partial charge in [0.25, 0.3) is 0 Å². The van der Waals surface area contributed by atoms with Gasteiger partial charge in [-0.05, 0) is 0 Å². The van der Waals surface area contributed by atoms with Crippen molar-refractivity contribution < 1.29 is 70.3 Å². The number of rotatable bonds is 10. The average molecular weight is 398 g/mol. The van der Waals surface area contributed by atoms with Gasteiger partial charge >= 0.3 is 31.3 Å². The molecule has 128 valence electrons. The van der Waals surface area contributed by atoms with Crippen LogP contribution in [-0.2, 0) is 41.0 Å². The largest absolute Gasteiger partial charge is 0.508 e. The van der Waals surface area contributed by atoms with E-state index in [1.54, 1.807) is 0 Å². The summed E-state index contributed by atoms with van der Waals surface area (Å²) >= 11 is 0. The van der Waals surface area contributed by atoms with Gasteiger partial charge in [0.2, 0.25) is 0 Å². The molecule has 15 nitrogen and oxygen atoms in total. The van der Waals surface area contributed by atoms with Crippen molar-refractivity contribution in [2.24, 2.45) is 0 Å². The first-order chi connectivity index (χ1) is 9.12. The molecule has 2 atom stereocenters. The highest BCUT2D eigenvalue weighted by Gasteiger charge is 2.34. The fourth-order valence-corrected chi connectivity index (χ4v) is 3.56. The minimum absolute atomic E-state index is 0.871. The van der Waals surface area contributed by atoms with Gasteiger partial charge in [-0.25, -0.2) is 23.1 Å². The number of phosphoric ester groups is 1. The van der Waals surface area contributed by atoms with E-state index in [9.17, 15) is 18.3 Å². The van der Waals surface area contributed by atoms with E-state index < -0.39 is 44.5 Å². The third-order valence-corrected chi connectivity index (χ3v) is 5.14. The summed E-state index contributed by atoms with van der Waals surface area (Å²) in [6.07, 6.45) is 0. The Bertz CT molecular complexity index is 464. The zero-order chi connectivity index (χ0) is 16.9. The number of hydrogen-bond donors (Lipinski definition) is 6. The van der Waals surface area contributed by atoms with Gasteiger partial charge in [-0.2, -0.15) is 8.62 Å². The van der Waals surface area contributed by atoms with Crippen molar-refractivity contribution in [3.63, 3.8) is 0 Å². The molecule has 0 heterocycles. The maximum absolute atomic E-state index is 10.9. The molecule has 0 aliphatic rings. The Morgan fingerprint density at radius 2 is 1.10 bits per heavy atom. The second-order valence-corrected chi connectivity index (χ2v) is 8.36. The second-order valence-electron chi connectivity index (χ2n) is 2.81. The Morgan fingerprint density at radius 3 is 1.52 bits per heavy atom. The second kappa shape index (κ2) is 7.84. The summed E-state index contributed by atoms with van der Waals surface area (Å²) in [4.78, 5) is 54.2. The van der Waals surface area contributed by atoms with Crippen molar-refractivity contribution in [3.05, 3.63) is 0 Å². The fraction of sp³-hybridized carbons (Fsp3) is 1.00. The zero-order valence-electron chi connectivity index (χ0n) is 9.56. The summed E-state index contributed by atoms with van der Waals surface area (Å²) in [5.74, 6) is 0. The van der Waals surface area contributed by atoms with E-state index in [1.807, 2.05) is 0 Å². The third-order valence-electron chi connectivity index (χ3n) is 0.987. The topological polar surface area (TPSA) is 236 Å². The zero-order valence-corrected chi connectivity index (χ0v) is 13.1. The lowest BCUT2D eigenvalue weighted by molar-refractivity contribution is -0.225. The molecule has 0 rings (SSSR count). The maximum atomic E-state index is 10.9. The molecule has 0 bridgehead atoms. The van der Waals surface area contributed by atoms with Crippen molar-refractivity contribution in [3.8, 4) is 0 Å². The van der Waals surface area contributed by atoms with Crippen LogP contribution in [0.15, 0.2) is 0 Å². The van der Waals surface area contributed by atoms with Crippen molar-refractivity contribution in [1.29, 1.82) is 0 Å². The van der Waals surface area contributed by atoms with Crippen LogP contribution in [0.25, 0.3) is 0 Å². The highest BCUT2D eigenvalue weighted by molar-refractivity contribution is 7.61. The van der Waals surface area contributed by atoms with E-state index in [0.717, 1.165) is 0 Å². The molecule has 0 aliphatic heterocycles. The molecule has 0 saturated carbocycles. The van der Waals surface area contributed by atoms with Crippen LogP contribution in [-0.4, -0.2) is 42.6 Å². The summed E-state index contributed by atoms with van der Waals surface area (Å²) in [7, 11) is -21.0. The van der Waals surface area contributed by atoms with Crippen LogP contribution < -0.4 is 0 Å². The molecule has 0 aromatic rings. The first kappa shape index (κ1) is 21.5. The Balaban J connectivity index is 4.07. The molecule has 21 heavy (non-hydrogen) atoms. The summed E-state index contributed by atoms with van der Waals surface area (Å²) in [5.41, 5.74) is 0. The van der Waals surface area contributed by atoms with E-state index in [2.05, 4.69) is 22.7 Å². The van der Waals surface area contributed by atoms with Crippen LogP contribution >= 0.6 is 31.3 Å². The molecular formula is C2H10O15P4. The van der Waals surface area contributed by atoms with Gasteiger partial charge in [0.05, 0.1) is 6.61 Å². The lowest BCUT2D eigenvalue weighted by Crippen LogP contribution is -2.04.